The van der Waals surface area contributed by atoms with Crippen LogP contribution in [-0.2, 0) is 0 Å². The van der Waals surface area contributed by atoms with Gasteiger partial charge < -0.3 is 5.73 Å². The van der Waals surface area contributed by atoms with Crippen LogP contribution < -0.4 is 5.73 Å². The maximum Gasteiger partial charge on any atom is 0.0267 e. The standard InChI is InChI=1S/C12H22N2/c1-12(13)4-5-14(8-12)11-7-9-2-3-10(11)6-9/h9-11H,2-8,13H2,1H3. The third-order valence-electron chi connectivity index (χ3n) is 4.70. The molecule has 1 saturated heterocycles. The van der Waals surface area contributed by atoms with E-state index in [1.165, 1.54) is 38.6 Å². The van der Waals surface area contributed by atoms with Gasteiger partial charge in [0.1, 0.15) is 0 Å². The minimum absolute atomic E-state index is 0.0990. The van der Waals surface area contributed by atoms with Crippen LogP contribution in [0.2, 0.25) is 0 Å². The average molecular weight is 194 g/mol. The number of hydrogen-bond donors (Lipinski definition) is 1. The molecule has 0 amide bonds. The monoisotopic (exact) mass is 194 g/mol. The van der Waals surface area contributed by atoms with E-state index in [0.29, 0.717) is 0 Å². The second-order valence-electron chi connectivity index (χ2n) is 6.12. The third kappa shape index (κ3) is 1.40. The molecule has 0 radical (unpaired) electrons. The van der Waals surface area contributed by atoms with Crippen molar-refractivity contribution < 1.29 is 0 Å². The quantitative estimate of drug-likeness (QED) is 0.687. The third-order valence-corrected chi connectivity index (χ3v) is 4.70. The Morgan fingerprint density at radius 2 is 2.14 bits per heavy atom. The zero-order valence-electron chi connectivity index (χ0n) is 9.21. The molecule has 2 nitrogen and oxygen atoms in total. The van der Waals surface area contributed by atoms with Gasteiger partial charge in [-0.15, -0.1) is 0 Å². The molecule has 2 heteroatoms. The molecule has 2 saturated carbocycles. The van der Waals surface area contributed by atoms with E-state index in [0.717, 1.165) is 24.4 Å². The molecule has 1 aliphatic heterocycles. The molecule has 1 heterocycles. The topological polar surface area (TPSA) is 29.3 Å². The van der Waals surface area contributed by atoms with Crippen LogP contribution in [0.25, 0.3) is 0 Å². The minimum atomic E-state index is 0.0990. The Morgan fingerprint density at radius 1 is 1.29 bits per heavy atom. The molecule has 0 aromatic heterocycles. The van der Waals surface area contributed by atoms with E-state index >= 15 is 0 Å². The number of nitrogens with zero attached hydrogens (tertiary/aromatic N) is 1. The van der Waals surface area contributed by atoms with Gasteiger partial charge in [-0.1, -0.05) is 6.42 Å². The molecule has 80 valence electrons. The first-order chi connectivity index (χ1) is 6.64. The highest BCUT2D eigenvalue weighted by atomic mass is 15.2. The van der Waals surface area contributed by atoms with E-state index in [4.69, 9.17) is 5.73 Å². The van der Waals surface area contributed by atoms with Crippen molar-refractivity contribution in [2.45, 2.75) is 50.6 Å². The lowest BCUT2D eigenvalue weighted by Gasteiger charge is -2.32. The van der Waals surface area contributed by atoms with Gasteiger partial charge in [-0.25, -0.2) is 0 Å². The Morgan fingerprint density at radius 3 is 2.64 bits per heavy atom. The molecule has 3 rings (SSSR count). The van der Waals surface area contributed by atoms with E-state index < -0.39 is 0 Å². The van der Waals surface area contributed by atoms with Crippen molar-refractivity contribution in [3.05, 3.63) is 0 Å². The molecule has 14 heavy (non-hydrogen) atoms. The summed E-state index contributed by atoms with van der Waals surface area (Å²) in [5, 5.41) is 0. The molecule has 2 bridgehead atoms. The molecule has 3 aliphatic rings. The fraction of sp³-hybridized carbons (Fsp3) is 1.00. The SMILES string of the molecule is CC1(N)CCN(C2CC3CCC2C3)C1. The maximum absolute atomic E-state index is 6.19. The predicted octanol–water partition coefficient (Wildman–Crippen LogP) is 1.60. The molecule has 3 fully saturated rings. The van der Waals surface area contributed by atoms with Gasteiger partial charge in [0.2, 0.25) is 0 Å². The molecule has 0 aromatic rings. The van der Waals surface area contributed by atoms with Gasteiger partial charge in [-0.3, -0.25) is 4.90 Å². The highest BCUT2D eigenvalue weighted by Crippen LogP contribution is 2.47. The lowest BCUT2D eigenvalue weighted by molar-refractivity contribution is 0.168. The highest BCUT2D eigenvalue weighted by molar-refractivity contribution is 5.00. The fourth-order valence-electron chi connectivity index (χ4n) is 3.96. The number of nitrogens with two attached hydrogens (primary N) is 1. The van der Waals surface area contributed by atoms with E-state index in [9.17, 15) is 0 Å². The summed E-state index contributed by atoms with van der Waals surface area (Å²) in [4.78, 5) is 2.68. The summed E-state index contributed by atoms with van der Waals surface area (Å²) in [6, 6.07) is 0.902. The van der Waals surface area contributed by atoms with Crippen LogP contribution >= 0.6 is 0 Å². The lowest BCUT2D eigenvalue weighted by atomic mass is 9.94. The second kappa shape index (κ2) is 2.96. The van der Waals surface area contributed by atoms with Gasteiger partial charge in [0, 0.05) is 24.7 Å². The van der Waals surface area contributed by atoms with Crippen molar-refractivity contribution >= 4 is 0 Å². The van der Waals surface area contributed by atoms with Crippen molar-refractivity contribution in [2.75, 3.05) is 13.1 Å². The largest absolute Gasteiger partial charge is 0.324 e. The second-order valence-corrected chi connectivity index (χ2v) is 6.12. The summed E-state index contributed by atoms with van der Waals surface area (Å²) in [5.74, 6) is 2.09. The van der Waals surface area contributed by atoms with Crippen LogP contribution in [0.15, 0.2) is 0 Å². The van der Waals surface area contributed by atoms with Crippen molar-refractivity contribution in [3.8, 4) is 0 Å². The van der Waals surface area contributed by atoms with Gasteiger partial charge >= 0.3 is 0 Å². The Balaban J connectivity index is 1.67. The number of likely N-dealkylation sites (tertiary alicyclic amines) is 1. The summed E-state index contributed by atoms with van der Waals surface area (Å²) >= 11 is 0. The molecule has 4 atom stereocenters. The van der Waals surface area contributed by atoms with Crippen LogP contribution in [0.5, 0.6) is 0 Å². The molecule has 4 unspecified atom stereocenters. The summed E-state index contributed by atoms with van der Waals surface area (Å²) < 4.78 is 0. The zero-order valence-corrected chi connectivity index (χ0v) is 9.21. The van der Waals surface area contributed by atoms with E-state index in [2.05, 4.69) is 11.8 Å². The smallest absolute Gasteiger partial charge is 0.0267 e. The first kappa shape index (κ1) is 9.17. The normalized spacial score (nSPS) is 53.1. The van der Waals surface area contributed by atoms with Crippen LogP contribution in [0, 0.1) is 11.8 Å². The van der Waals surface area contributed by atoms with Gasteiger partial charge in [0.15, 0.2) is 0 Å². The number of fused-ring (bicyclic) bond motifs is 2. The zero-order chi connectivity index (χ0) is 9.76. The molecular weight excluding hydrogens is 172 g/mol. The number of hydrogen-bond acceptors (Lipinski definition) is 2. The summed E-state index contributed by atoms with van der Waals surface area (Å²) in [6.45, 7) is 4.60. The summed E-state index contributed by atoms with van der Waals surface area (Å²) in [6.07, 6.45) is 7.19. The van der Waals surface area contributed by atoms with Crippen molar-refractivity contribution in [1.82, 2.24) is 4.90 Å². The Kier molecular flexibility index (Phi) is 1.94. The predicted molar refractivity (Wildman–Crippen MR) is 58.0 cm³/mol. The van der Waals surface area contributed by atoms with Crippen molar-refractivity contribution in [2.24, 2.45) is 17.6 Å². The molecule has 2 aliphatic carbocycles. The van der Waals surface area contributed by atoms with E-state index in [-0.39, 0.29) is 5.54 Å². The lowest BCUT2D eigenvalue weighted by Crippen LogP contribution is -2.43. The Hall–Kier alpha value is -0.0800. The van der Waals surface area contributed by atoms with Crippen molar-refractivity contribution in [3.63, 3.8) is 0 Å². The van der Waals surface area contributed by atoms with E-state index in [1.54, 1.807) is 0 Å². The van der Waals surface area contributed by atoms with Crippen LogP contribution in [0.4, 0.5) is 0 Å². The van der Waals surface area contributed by atoms with Crippen LogP contribution in [-0.4, -0.2) is 29.6 Å². The average Bonchev–Trinajstić information content (AvgIpc) is 2.77. The van der Waals surface area contributed by atoms with E-state index in [1.807, 2.05) is 0 Å². The molecule has 0 aromatic carbocycles. The number of rotatable bonds is 1. The van der Waals surface area contributed by atoms with Crippen molar-refractivity contribution in [1.29, 1.82) is 0 Å². The van der Waals surface area contributed by atoms with Gasteiger partial charge in [-0.2, -0.15) is 0 Å². The van der Waals surface area contributed by atoms with Crippen LogP contribution in [0.1, 0.15) is 39.0 Å². The van der Waals surface area contributed by atoms with Gasteiger partial charge in [0.05, 0.1) is 0 Å². The summed E-state index contributed by atoms with van der Waals surface area (Å²) in [7, 11) is 0. The highest BCUT2D eigenvalue weighted by Gasteiger charge is 2.45. The minimum Gasteiger partial charge on any atom is -0.324 e. The first-order valence-corrected chi connectivity index (χ1v) is 6.17. The van der Waals surface area contributed by atoms with Gasteiger partial charge in [-0.05, 0) is 44.4 Å². The Bertz CT molecular complexity index is 236. The maximum atomic E-state index is 6.19. The first-order valence-electron chi connectivity index (χ1n) is 6.17. The van der Waals surface area contributed by atoms with Gasteiger partial charge in [0.25, 0.3) is 0 Å². The summed E-state index contributed by atoms with van der Waals surface area (Å²) in [5.41, 5.74) is 6.29. The molecule has 2 N–H and O–H groups in total. The fourth-order valence-corrected chi connectivity index (χ4v) is 3.96. The Labute approximate surface area is 86.8 Å². The molecule has 0 spiro atoms. The van der Waals surface area contributed by atoms with Crippen LogP contribution in [0.3, 0.4) is 0 Å². The molecular formula is C12H22N2.